The highest BCUT2D eigenvalue weighted by Crippen LogP contribution is 2.31. The monoisotopic (exact) mass is 488 g/mol. The van der Waals surface area contributed by atoms with Crippen LogP contribution in [0.5, 0.6) is 0 Å². The Labute approximate surface area is 191 Å². The van der Waals surface area contributed by atoms with Crippen molar-refractivity contribution in [2.24, 2.45) is 0 Å². The third-order valence-electron chi connectivity index (χ3n) is 5.09. The van der Waals surface area contributed by atoms with E-state index >= 15 is 0 Å². The number of nitrogen functional groups attached to an aromatic ring is 1. The van der Waals surface area contributed by atoms with Crippen LogP contribution < -0.4 is 15.8 Å². The van der Waals surface area contributed by atoms with Crippen LogP contribution in [0, 0.1) is 0 Å². The zero-order valence-electron chi connectivity index (χ0n) is 16.9. The summed E-state index contributed by atoms with van der Waals surface area (Å²) in [5, 5.41) is 3.17. The number of nitrogens with zero attached hydrogens (tertiary/aromatic N) is 2. The van der Waals surface area contributed by atoms with Gasteiger partial charge in [0, 0.05) is 32.0 Å². The first-order chi connectivity index (χ1) is 14.8. The summed E-state index contributed by atoms with van der Waals surface area (Å²) >= 11 is 12.0. The first-order valence-electron chi connectivity index (χ1n) is 10.1. The Balaban J connectivity index is 1.73. The zero-order valence-corrected chi connectivity index (χ0v) is 19.2. The predicted octanol–water partition coefficient (Wildman–Crippen LogP) is 2.85. The number of benzene rings is 1. The quantitative estimate of drug-likeness (QED) is 0.316. The van der Waals surface area contributed by atoms with Gasteiger partial charge >= 0.3 is 0 Å². The Morgan fingerprint density at radius 3 is 2.52 bits per heavy atom. The second-order valence-corrected chi connectivity index (χ2v) is 9.90. The van der Waals surface area contributed by atoms with Gasteiger partial charge in [-0.25, -0.2) is 13.4 Å². The zero-order chi connectivity index (χ0) is 22.4. The summed E-state index contributed by atoms with van der Waals surface area (Å²) in [4.78, 5) is 21.7. The minimum atomic E-state index is -4.05. The van der Waals surface area contributed by atoms with Gasteiger partial charge in [-0.1, -0.05) is 23.2 Å². The molecule has 1 fully saturated rings. The van der Waals surface area contributed by atoms with Crippen molar-refractivity contribution in [3.8, 4) is 0 Å². The lowest BCUT2D eigenvalue weighted by Crippen LogP contribution is -2.50. The van der Waals surface area contributed by atoms with E-state index in [-0.39, 0.29) is 26.5 Å². The molecule has 2 heterocycles. The number of nitrogens with one attached hydrogen (secondary N) is 3. The molecule has 0 unspecified atom stereocenters. The number of aromatic nitrogens is 2. The van der Waals surface area contributed by atoms with Crippen molar-refractivity contribution in [2.75, 3.05) is 30.7 Å². The van der Waals surface area contributed by atoms with Crippen LogP contribution in [0.1, 0.15) is 32.1 Å². The predicted molar refractivity (Wildman–Crippen MR) is 122 cm³/mol. The number of halogens is 2. The molecule has 0 radical (unpaired) electrons. The molecule has 0 bridgehead atoms. The molecular formula is C19H26Cl2N6O3S. The number of imidazole rings is 1. The van der Waals surface area contributed by atoms with Gasteiger partial charge in [0.15, 0.2) is 5.95 Å². The topological polar surface area (TPSA) is 133 Å². The van der Waals surface area contributed by atoms with E-state index in [2.05, 4.69) is 20.0 Å². The lowest BCUT2D eigenvalue weighted by Gasteiger charge is -2.30. The maximum absolute atomic E-state index is 13.1. The number of hydrogen-bond acceptors (Lipinski definition) is 6. The maximum atomic E-state index is 13.1. The van der Waals surface area contributed by atoms with Crippen LogP contribution in [0.3, 0.4) is 0 Å². The molecule has 9 nitrogen and oxygen atoms in total. The fourth-order valence-corrected chi connectivity index (χ4v) is 5.31. The van der Waals surface area contributed by atoms with Crippen LogP contribution >= 0.6 is 23.2 Å². The highest BCUT2D eigenvalue weighted by Gasteiger charge is 2.30. The van der Waals surface area contributed by atoms with Gasteiger partial charge in [-0.15, -0.1) is 0 Å². The number of carbonyl (C=O) groups is 1. The average Bonchev–Trinajstić information content (AvgIpc) is 3.27. The lowest BCUT2D eigenvalue weighted by molar-refractivity contribution is -0.134. The molecule has 1 amide bonds. The molecule has 2 aromatic rings. The third kappa shape index (κ3) is 6.25. The molecule has 1 aromatic carbocycles. The minimum absolute atomic E-state index is 0.0365. The third-order valence-corrected chi connectivity index (χ3v) is 7.16. The number of carbonyl (C=O) groups excluding carboxylic acids is 1. The summed E-state index contributed by atoms with van der Waals surface area (Å²) in [6.07, 6.45) is 7.08. The van der Waals surface area contributed by atoms with Crippen molar-refractivity contribution in [1.82, 2.24) is 19.6 Å². The van der Waals surface area contributed by atoms with Crippen molar-refractivity contribution in [3.63, 3.8) is 0 Å². The standard InChI is InChI=1S/C19H26Cl2N6O3S/c20-14-11-13(12-15(21)17(14)22)31(29,30)26-16(18(28)27-9-2-1-3-10-27)5-4-6-23-19-24-7-8-25-19/h7-8,11-12,16,26H,1-6,9-10,22H2,(H2,23,24,25)/t16-/m0/s1. The smallest absolute Gasteiger partial charge is 0.241 e. The number of piperidine rings is 1. The number of nitrogens with two attached hydrogens (primary N) is 1. The van der Waals surface area contributed by atoms with Crippen molar-refractivity contribution in [3.05, 3.63) is 34.6 Å². The van der Waals surface area contributed by atoms with Gasteiger partial charge in [0.25, 0.3) is 0 Å². The highest BCUT2D eigenvalue weighted by molar-refractivity contribution is 7.89. The van der Waals surface area contributed by atoms with Crippen LogP contribution in [-0.2, 0) is 14.8 Å². The number of hydrogen-bond donors (Lipinski definition) is 4. The molecule has 1 aliphatic rings. The van der Waals surface area contributed by atoms with Gasteiger partial charge in [0.1, 0.15) is 6.04 Å². The summed E-state index contributed by atoms with van der Waals surface area (Å²) in [6.45, 7) is 1.78. The lowest BCUT2D eigenvalue weighted by atomic mass is 10.1. The molecule has 5 N–H and O–H groups in total. The first-order valence-corrected chi connectivity index (χ1v) is 12.3. The molecule has 0 aliphatic carbocycles. The van der Waals surface area contributed by atoms with E-state index in [9.17, 15) is 13.2 Å². The number of H-pyrrole nitrogens is 1. The molecule has 1 atom stereocenters. The van der Waals surface area contributed by atoms with Gasteiger partial charge in [0.2, 0.25) is 15.9 Å². The summed E-state index contributed by atoms with van der Waals surface area (Å²) in [5.41, 5.74) is 5.81. The Kier molecular flexibility index (Phi) is 8.04. The molecule has 3 rings (SSSR count). The number of anilines is 2. The van der Waals surface area contributed by atoms with Crippen molar-refractivity contribution in [2.45, 2.75) is 43.0 Å². The SMILES string of the molecule is Nc1c(Cl)cc(S(=O)(=O)N[C@@H](CCCNc2ncc[nH]2)C(=O)N2CCCCC2)cc1Cl. The van der Waals surface area contributed by atoms with E-state index in [4.69, 9.17) is 28.9 Å². The number of rotatable bonds is 9. The van der Waals surface area contributed by atoms with Crippen molar-refractivity contribution >= 4 is 50.8 Å². The molecule has 1 aliphatic heterocycles. The van der Waals surface area contributed by atoms with Crippen molar-refractivity contribution < 1.29 is 13.2 Å². The maximum Gasteiger partial charge on any atom is 0.241 e. The van der Waals surface area contributed by atoms with Crippen LogP contribution in [0.25, 0.3) is 0 Å². The molecule has 12 heteroatoms. The molecule has 0 saturated carbocycles. The Hall–Kier alpha value is -2.01. The molecule has 31 heavy (non-hydrogen) atoms. The molecule has 1 aromatic heterocycles. The summed E-state index contributed by atoms with van der Waals surface area (Å²) in [7, 11) is -4.05. The Morgan fingerprint density at radius 1 is 1.23 bits per heavy atom. The van der Waals surface area contributed by atoms with Gasteiger partial charge in [-0.3, -0.25) is 4.79 Å². The van der Waals surface area contributed by atoms with E-state index in [1.807, 2.05) is 0 Å². The number of amides is 1. The number of likely N-dealkylation sites (tertiary alicyclic amines) is 1. The average molecular weight is 489 g/mol. The van der Waals surface area contributed by atoms with E-state index in [0.29, 0.717) is 38.4 Å². The number of sulfonamides is 1. The van der Waals surface area contributed by atoms with E-state index in [0.717, 1.165) is 19.3 Å². The summed E-state index contributed by atoms with van der Waals surface area (Å²) in [5.74, 6) is 0.388. The van der Waals surface area contributed by atoms with Crippen molar-refractivity contribution in [1.29, 1.82) is 0 Å². The molecule has 0 spiro atoms. The second kappa shape index (κ2) is 10.5. The highest BCUT2D eigenvalue weighted by atomic mass is 35.5. The van der Waals surface area contributed by atoms with Gasteiger partial charge in [-0.05, 0) is 44.2 Å². The van der Waals surface area contributed by atoms with E-state index in [1.54, 1.807) is 17.3 Å². The number of aromatic amines is 1. The van der Waals surface area contributed by atoms with Gasteiger partial charge < -0.3 is 20.9 Å². The molecule has 1 saturated heterocycles. The Bertz CT molecular complexity index is 971. The minimum Gasteiger partial charge on any atom is -0.396 e. The molecular weight excluding hydrogens is 463 g/mol. The van der Waals surface area contributed by atoms with Gasteiger partial charge in [0.05, 0.1) is 20.6 Å². The van der Waals surface area contributed by atoms with Crippen LogP contribution in [0.15, 0.2) is 29.4 Å². The fourth-order valence-electron chi connectivity index (χ4n) is 3.41. The Morgan fingerprint density at radius 2 is 1.90 bits per heavy atom. The second-order valence-electron chi connectivity index (χ2n) is 7.37. The van der Waals surface area contributed by atoms with Crippen LogP contribution in [-0.4, -0.2) is 54.9 Å². The van der Waals surface area contributed by atoms with Crippen LogP contribution in [0.4, 0.5) is 11.6 Å². The fraction of sp³-hybridized carbons (Fsp3) is 0.474. The normalized spacial score (nSPS) is 15.6. The summed E-state index contributed by atoms with van der Waals surface area (Å²) in [6, 6.07) is 1.55. The summed E-state index contributed by atoms with van der Waals surface area (Å²) < 4.78 is 28.5. The molecule has 170 valence electrons. The largest absolute Gasteiger partial charge is 0.396 e. The van der Waals surface area contributed by atoms with Crippen LogP contribution in [0.2, 0.25) is 10.0 Å². The first kappa shape index (κ1) is 23.6. The van der Waals surface area contributed by atoms with Gasteiger partial charge in [-0.2, -0.15) is 4.72 Å². The van der Waals surface area contributed by atoms with E-state index < -0.39 is 16.1 Å². The van der Waals surface area contributed by atoms with E-state index in [1.165, 1.54) is 12.1 Å².